The van der Waals surface area contributed by atoms with Crippen LogP contribution in [-0.2, 0) is 25.9 Å². The molecule has 0 bridgehead atoms. The van der Waals surface area contributed by atoms with Crippen molar-refractivity contribution >= 4 is 45.2 Å². The Kier molecular flexibility index (Phi) is 7.61. The number of sulfonamides is 1. The topological polar surface area (TPSA) is 98.1 Å². The molecule has 2 fully saturated rings. The van der Waals surface area contributed by atoms with Gasteiger partial charge in [0.2, 0.25) is 10.0 Å². The summed E-state index contributed by atoms with van der Waals surface area (Å²) in [6.45, 7) is 7.40. The van der Waals surface area contributed by atoms with Crippen LogP contribution in [-0.4, -0.2) is 45.9 Å². The molecule has 45 heavy (non-hydrogen) atoms. The van der Waals surface area contributed by atoms with Crippen molar-refractivity contribution in [1.82, 2.24) is 5.32 Å². The van der Waals surface area contributed by atoms with Gasteiger partial charge in [0.15, 0.2) is 0 Å². The van der Waals surface area contributed by atoms with E-state index in [-0.39, 0.29) is 35.2 Å². The Hall–Kier alpha value is -3.74. The standard InChI is InChI=1S/C33H35BF2N2O6S/c1-32(2)33(3,4)44-34(43-32)25-14-7-19(15-26(25)36)18-38(45(6,40)41)27-17-28-24(16-23(27)20-8-9-20)29(31(39)37-5)30(42-28)21-10-12-22(35)13-11-21/h7,10-17,20H,8-9,18H2,1-6H3,(H,37,39). The van der Waals surface area contributed by atoms with Crippen LogP contribution in [0.1, 0.15) is 67.9 Å². The van der Waals surface area contributed by atoms with E-state index >= 15 is 4.39 Å². The van der Waals surface area contributed by atoms with E-state index in [0.717, 1.165) is 24.7 Å². The Morgan fingerprint density at radius 2 is 1.64 bits per heavy atom. The van der Waals surface area contributed by atoms with Crippen LogP contribution in [0.4, 0.5) is 14.5 Å². The number of hydrogen-bond donors (Lipinski definition) is 1. The van der Waals surface area contributed by atoms with Gasteiger partial charge in [-0.15, -0.1) is 0 Å². The fourth-order valence-corrected chi connectivity index (χ4v) is 6.52. The maximum Gasteiger partial charge on any atom is 0.497 e. The second kappa shape index (κ2) is 11.0. The van der Waals surface area contributed by atoms with Crippen molar-refractivity contribution in [1.29, 1.82) is 0 Å². The van der Waals surface area contributed by atoms with E-state index in [9.17, 15) is 17.6 Å². The smallest absolute Gasteiger partial charge is 0.455 e. The van der Waals surface area contributed by atoms with E-state index in [0.29, 0.717) is 27.8 Å². The third-order valence-corrected chi connectivity index (χ3v) is 10.1. The lowest BCUT2D eigenvalue weighted by Crippen LogP contribution is -2.41. The lowest BCUT2D eigenvalue weighted by Gasteiger charge is -2.32. The molecule has 0 atom stereocenters. The van der Waals surface area contributed by atoms with Crippen LogP contribution in [0.2, 0.25) is 0 Å². The highest BCUT2D eigenvalue weighted by Crippen LogP contribution is 2.48. The van der Waals surface area contributed by atoms with Gasteiger partial charge in [-0.05, 0) is 94.0 Å². The summed E-state index contributed by atoms with van der Waals surface area (Å²) in [6.07, 6.45) is 2.81. The number of hydrogen-bond acceptors (Lipinski definition) is 6. The molecule has 1 saturated heterocycles. The van der Waals surface area contributed by atoms with E-state index in [1.807, 2.05) is 33.8 Å². The van der Waals surface area contributed by atoms with Gasteiger partial charge in [0.05, 0.1) is 35.3 Å². The molecule has 1 amide bonds. The molecule has 1 aromatic heterocycles. The Labute approximate surface area is 261 Å². The van der Waals surface area contributed by atoms with Gasteiger partial charge in [-0.25, -0.2) is 17.2 Å². The number of halogens is 2. The number of carbonyl (C=O) groups excluding carboxylic acids is 1. The van der Waals surface area contributed by atoms with Gasteiger partial charge >= 0.3 is 7.12 Å². The minimum Gasteiger partial charge on any atom is -0.455 e. The van der Waals surface area contributed by atoms with Gasteiger partial charge < -0.3 is 19.0 Å². The zero-order chi connectivity index (χ0) is 32.5. The number of carbonyl (C=O) groups is 1. The number of anilines is 1. The molecule has 2 aliphatic rings. The number of nitrogens with zero attached hydrogens (tertiary/aromatic N) is 1. The number of furan rings is 1. The van der Waals surface area contributed by atoms with Gasteiger partial charge in [-0.2, -0.15) is 0 Å². The molecule has 6 rings (SSSR count). The largest absolute Gasteiger partial charge is 0.497 e. The molecule has 1 saturated carbocycles. The van der Waals surface area contributed by atoms with Crippen LogP contribution in [0.15, 0.2) is 59.0 Å². The third kappa shape index (κ3) is 5.75. The average molecular weight is 637 g/mol. The lowest BCUT2D eigenvalue weighted by atomic mass is 9.78. The zero-order valence-corrected chi connectivity index (χ0v) is 26.8. The molecule has 0 unspecified atom stereocenters. The maximum atomic E-state index is 15.5. The van der Waals surface area contributed by atoms with Crippen molar-refractivity contribution < 1.29 is 35.7 Å². The van der Waals surface area contributed by atoms with Crippen molar-refractivity contribution in [3.05, 3.63) is 82.9 Å². The fraction of sp³-hybridized carbons (Fsp3) is 0.364. The minimum absolute atomic E-state index is 0.0813. The van der Waals surface area contributed by atoms with Gasteiger partial charge in [0, 0.05) is 29.5 Å². The first kappa shape index (κ1) is 31.3. The highest BCUT2D eigenvalue weighted by Gasteiger charge is 2.52. The molecule has 0 spiro atoms. The monoisotopic (exact) mass is 636 g/mol. The number of benzene rings is 3. The van der Waals surface area contributed by atoms with Gasteiger partial charge in [-0.1, -0.05) is 12.1 Å². The van der Waals surface area contributed by atoms with Crippen LogP contribution < -0.4 is 15.1 Å². The normalized spacial score (nSPS) is 17.6. The number of nitrogens with one attached hydrogen (secondary N) is 1. The van der Waals surface area contributed by atoms with E-state index in [2.05, 4.69) is 5.32 Å². The number of rotatable bonds is 8. The van der Waals surface area contributed by atoms with E-state index in [1.165, 1.54) is 41.7 Å². The Balaban J connectivity index is 1.42. The Morgan fingerprint density at radius 3 is 2.20 bits per heavy atom. The van der Waals surface area contributed by atoms with Crippen LogP contribution in [0.25, 0.3) is 22.3 Å². The Morgan fingerprint density at radius 1 is 1.00 bits per heavy atom. The summed E-state index contributed by atoms with van der Waals surface area (Å²) in [5.74, 6) is -1.06. The number of fused-ring (bicyclic) bond motifs is 1. The molecule has 1 aliphatic carbocycles. The van der Waals surface area contributed by atoms with Crippen molar-refractivity contribution in [2.24, 2.45) is 0 Å². The molecule has 12 heteroatoms. The van der Waals surface area contributed by atoms with E-state index in [1.54, 1.807) is 18.2 Å². The summed E-state index contributed by atoms with van der Waals surface area (Å²) in [4.78, 5) is 13.1. The van der Waals surface area contributed by atoms with Crippen LogP contribution in [0, 0.1) is 11.6 Å². The summed E-state index contributed by atoms with van der Waals surface area (Å²) in [5.41, 5.74) is 1.58. The van der Waals surface area contributed by atoms with Gasteiger partial charge in [0.25, 0.3) is 5.91 Å². The summed E-state index contributed by atoms with van der Waals surface area (Å²) in [5, 5.41) is 3.16. The van der Waals surface area contributed by atoms with Crippen molar-refractivity contribution in [3.8, 4) is 11.3 Å². The lowest BCUT2D eigenvalue weighted by molar-refractivity contribution is 0.00578. The zero-order valence-electron chi connectivity index (χ0n) is 26.0. The first-order valence-electron chi connectivity index (χ1n) is 14.8. The minimum atomic E-state index is -3.86. The van der Waals surface area contributed by atoms with E-state index < -0.39 is 40.0 Å². The summed E-state index contributed by atoms with van der Waals surface area (Å²) in [7, 11) is -3.26. The Bertz CT molecular complexity index is 1900. The highest BCUT2D eigenvalue weighted by molar-refractivity contribution is 7.92. The first-order chi connectivity index (χ1) is 21.1. The van der Waals surface area contributed by atoms with Crippen LogP contribution >= 0.6 is 0 Å². The quantitative estimate of drug-likeness (QED) is 0.243. The SMILES string of the molecule is CNC(=O)c1c(-c2ccc(F)cc2)oc2cc(N(Cc3ccc(B4OC(C)(C)C(C)(C)O4)c(F)c3)S(C)(=O)=O)c(C3CC3)cc12. The number of amides is 1. The summed E-state index contributed by atoms with van der Waals surface area (Å²) >= 11 is 0. The second-order valence-corrected chi connectivity index (χ2v) is 14.7. The van der Waals surface area contributed by atoms with E-state index in [4.69, 9.17) is 13.7 Å². The molecular formula is C33H35BF2N2O6S. The summed E-state index contributed by atoms with van der Waals surface area (Å²) in [6, 6.07) is 13.6. The van der Waals surface area contributed by atoms with Crippen molar-refractivity contribution in [2.45, 2.75) is 64.2 Å². The molecule has 8 nitrogen and oxygen atoms in total. The predicted octanol–water partition coefficient (Wildman–Crippen LogP) is 5.88. The van der Waals surface area contributed by atoms with Gasteiger partial charge in [0.1, 0.15) is 23.0 Å². The first-order valence-corrected chi connectivity index (χ1v) is 16.6. The van der Waals surface area contributed by atoms with Crippen molar-refractivity contribution in [3.63, 3.8) is 0 Å². The molecule has 3 aromatic carbocycles. The third-order valence-electron chi connectivity index (χ3n) is 8.98. The molecule has 236 valence electrons. The molecule has 0 radical (unpaired) electrons. The van der Waals surface area contributed by atoms with Crippen LogP contribution in [0.3, 0.4) is 0 Å². The average Bonchev–Trinajstić information content (AvgIpc) is 3.70. The molecule has 4 aromatic rings. The molecule has 1 aliphatic heterocycles. The summed E-state index contributed by atoms with van der Waals surface area (Å²) < 4.78 is 75.3. The molecule has 2 heterocycles. The molecular weight excluding hydrogens is 601 g/mol. The van der Waals surface area contributed by atoms with Gasteiger partial charge in [-0.3, -0.25) is 9.10 Å². The highest BCUT2D eigenvalue weighted by atomic mass is 32.2. The predicted molar refractivity (Wildman–Crippen MR) is 170 cm³/mol. The maximum absolute atomic E-state index is 15.5. The fourth-order valence-electron chi connectivity index (χ4n) is 5.62. The van der Waals surface area contributed by atoms with Crippen molar-refractivity contribution in [2.75, 3.05) is 17.6 Å². The second-order valence-electron chi connectivity index (χ2n) is 12.8. The van der Waals surface area contributed by atoms with Crippen LogP contribution in [0.5, 0.6) is 0 Å². The molecule has 1 N–H and O–H groups in total.